The third kappa shape index (κ3) is 3.30. The summed E-state index contributed by atoms with van der Waals surface area (Å²) in [6, 6.07) is 9.78. The quantitative estimate of drug-likeness (QED) is 0.822. The number of hydrogen-bond acceptors (Lipinski definition) is 2. The Bertz CT molecular complexity index is 456. The maximum atomic E-state index is 12.1. The highest BCUT2D eigenvalue weighted by Gasteiger charge is 2.28. The molecule has 3 nitrogen and oxygen atoms in total. The van der Waals surface area contributed by atoms with Gasteiger partial charge in [0.15, 0.2) is 0 Å². The molecular weight excluding hydrogens is 234 g/mol. The number of nitrogens with zero attached hydrogens (tertiary/aromatic N) is 1. The van der Waals surface area contributed by atoms with Crippen LogP contribution >= 0.6 is 0 Å². The SMILES string of the molecule is CC1CCN(S(=O)(=O)CCc2ccccc2)C1. The topological polar surface area (TPSA) is 37.4 Å². The predicted octanol–water partition coefficient (Wildman–Crippen LogP) is 1.90. The van der Waals surface area contributed by atoms with Gasteiger partial charge in [-0.15, -0.1) is 0 Å². The van der Waals surface area contributed by atoms with Crippen molar-refractivity contribution in [2.75, 3.05) is 18.8 Å². The van der Waals surface area contributed by atoms with Crippen molar-refractivity contribution in [1.29, 1.82) is 0 Å². The van der Waals surface area contributed by atoms with E-state index in [1.165, 1.54) is 0 Å². The van der Waals surface area contributed by atoms with Gasteiger partial charge in [0.2, 0.25) is 10.0 Å². The van der Waals surface area contributed by atoms with Crippen molar-refractivity contribution in [3.63, 3.8) is 0 Å². The Kier molecular flexibility index (Phi) is 3.84. The standard InChI is InChI=1S/C13H19NO2S/c1-12-7-9-14(11-12)17(15,16)10-8-13-5-3-2-4-6-13/h2-6,12H,7-11H2,1H3. The van der Waals surface area contributed by atoms with Crippen LogP contribution in [-0.2, 0) is 16.4 Å². The zero-order valence-corrected chi connectivity index (χ0v) is 11.0. The molecule has 1 aromatic carbocycles. The Morgan fingerprint density at radius 2 is 2.00 bits per heavy atom. The lowest BCUT2D eigenvalue weighted by molar-refractivity contribution is 0.464. The van der Waals surface area contributed by atoms with Gasteiger partial charge in [-0.2, -0.15) is 0 Å². The van der Waals surface area contributed by atoms with Crippen molar-refractivity contribution in [1.82, 2.24) is 4.31 Å². The van der Waals surface area contributed by atoms with E-state index in [1.807, 2.05) is 30.3 Å². The Morgan fingerprint density at radius 1 is 1.29 bits per heavy atom. The summed E-state index contributed by atoms with van der Waals surface area (Å²) in [7, 11) is -3.06. The largest absolute Gasteiger partial charge is 0.214 e. The van der Waals surface area contributed by atoms with Crippen molar-refractivity contribution in [2.24, 2.45) is 5.92 Å². The van der Waals surface area contributed by atoms with Gasteiger partial charge in [-0.25, -0.2) is 12.7 Å². The fourth-order valence-electron chi connectivity index (χ4n) is 2.17. The summed E-state index contributed by atoms with van der Waals surface area (Å²) < 4.78 is 25.8. The molecule has 17 heavy (non-hydrogen) atoms. The molecule has 0 bridgehead atoms. The smallest absolute Gasteiger partial charge is 0.212 e. The fourth-order valence-corrected chi connectivity index (χ4v) is 3.78. The van der Waals surface area contributed by atoms with Gasteiger partial charge in [0.25, 0.3) is 0 Å². The zero-order valence-electron chi connectivity index (χ0n) is 10.2. The highest BCUT2D eigenvalue weighted by molar-refractivity contribution is 7.89. The maximum absolute atomic E-state index is 12.1. The van der Waals surface area contributed by atoms with Crippen LogP contribution in [0, 0.1) is 5.92 Å². The van der Waals surface area contributed by atoms with E-state index in [4.69, 9.17) is 0 Å². The normalized spacial score (nSPS) is 21.8. The van der Waals surface area contributed by atoms with E-state index in [-0.39, 0.29) is 5.75 Å². The molecule has 94 valence electrons. The summed E-state index contributed by atoms with van der Waals surface area (Å²) in [6.07, 6.45) is 1.60. The molecule has 0 radical (unpaired) electrons. The molecule has 0 amide bonds. The second kappa shape index (κ2) is 5.19. The van der Waals surface area contributed by atoms with E-state index in [2.05, 4.69) is 6.92 Å². The highest BCUT2D eigenvalue weighted by Crippen LogP contribution is 2.19. The second-order valence-corrected chi connectivity index (χ2v) is 6.89. The molecule has 1 aliphatic rings. The number of sulfonamides is 1. The van der Waals surface area contributed by atoms with Crippen LogP contribution in [0.25, 0.3) is 0 Å². The summed E-state index contributed by atoms with van der Waals surface area (Å²) in [5, 5.41) is 0. The van der Waals surface area contributed by atoms with Crippen LogP contribution in [0.15, 0.2) is 30.3 Å². The van der Waals surface area contributed by atoms with Crippen LogP contribution in [0.2, 0.25) is 0 Å². The van der Waals surface area contributed by atoms with E-state index < -0.39 is 10.0 Å². The summed E-state index contributed by atoms with van der Waals surface area (Å²) in [5.41, 5.74) is 1.09. The molecule has 0 N–H and O–H groups in total. The monoisotopic (exact) mass is 253 g/mol. The summed E-state index contributed by atoms with van der Waals surface area (Å²) in [6.45, 7) is 3.49. The van der Waals surface area contributed by atoms with Gasteiger partial charge in [-0.3, -0.25) is 0 Å². The molecule has 1 aromatic rings. The van der Waals surface area contributed by atoms with Crippen LogP contribution in [0.4, 0.5) is 0 Å². The number of aryl methyl sites for hydroxylation is 1. The van der Waals surface area contributed by atoms with Crippen LogP contribution in [0.1, 0.15) is 18.9 Å². The van der Waals surface area contributed by atoms with Crippen LogP contribution in [-0.4, -0.2) is 31.6 Å². The van der Waals surface area contributed by atoms with Crippen molar-refractivity contribution in [3.05, 3.63) is 35.9 Å². The Hall–Kier alpha value is -0.870. The number of rotatable bonds is 4. The number of benzene rings is 1. The minimum absolute atomic E-state index is 0.226. The van der Waals surface area contributed by atoms with Gasteiger partial charge in [0, 0.05) is 13.1 Å². The molecule has 4 heteroatoms. The third-order valence-electron chi connectivity index (χ3n) is 3.27. The van der Waals surface area contributed by atoms with Crippen LogP contribution in [0.3, 0.4) is 0 Å². The molecule has 0 aromatic heterocycles. The molecule has 1 heterocycles. The lowest BCUT2D eigenvalue weighted by atomic mass is 10.2. The molecule has 0 saturated carbocycles. The highest BCUT2D eigenvalue weighted by atomic mass is 32.2. The first-order valence-corrected chi connectivity index (χ1v) is 7.70. The molecular formula is C13H19NO2S. The summed E-state index contributed by atoms with van der Waals surface area (Å²) in [5.74, 6) is 0.727. The molecule has 2 rings (SSSR count). The molecule has 1 aliphatic heterocycles. The van der Waals surface area contributed by atoms with Gasteiger partial charge >= 0.3 is 0 Å². The van der Waals surface area contributed by atoms with Gasteiger partial charge in [0.05, 0.1) is 5.75 Å². The number of hydrogen-bond donors (Lipinski definition) is 0. The van der Waals surface area contributed by atoms with E-state index in [0.29, 0.717) is 25.4 Å². The average Bonchev–Trinajstić information content (AvgIpc) is 2.76. The predicted molar refractivity (Wildman–Crippen MR) is 69.3 cm³/mol. The van der Waals surface area contributed by atoms with E-state index in [1.54, 1.807) is 4.31 Å². The molecule has 1 atom stereocenters. The molecule has 1 saturated heterocycles. The molecule has 1 fully saturated rings. The fraction of sp³-hybridized carbons (Fsp3) is 0.538. The van der Waals surface area contributed by atoms with Gasteiger partial charge in [-0.1, -0.05) is 37.3 Å². The van der Waals surface area contributed by atoms with Crippen LogP contribution < -0.4 is 0 Å². The lowest BCUT2D eigenvalue weighted by Gasteiger charge is -2.15. The first-order valence-electron chi connectivity index (χ1n) is 6.10. The van der Waals surface area contributed by atoms with Crippen LogP contribution in [0.5, 0.6) is 0 Å². The average molecular weight is 253 g/mol. The van der Waals surface area contributed by atoms with Crippen molar-refractivity contribution in [2.45, 2.75) is 19.8 Å². The minimum atomic E-state index is -3.06. The maximum Gasteiger partial charge on any atom is 0.214 e. The van der Waals surface area contributed by atoms with E-state index in [9.17, 15) is 8.42 Å². The Labute approximate surface area is 104 Å². The first-order chi connectivity index (χ1) is 8.08. The third-order valence-corrected chi connectivity index (χ3v) is 5.11. The minimum Gasteiger partial charge on any atom is -0.212 e. The van der Waals surface area contributed by atoms with E-state index in [0.717, 1.165) is 12.0 Å². The van der Waals surface area contributed by atoms with Crippen molar-refractivity contribution in [3.8, 4) is 0 Å². The molecule has 0 aliphatic carbocycles. The Morgan fingerprint density at radius 3 is 2.59 bits per heavy atom. The lowest BCUT2D eigenvalue weighted by Crippen LogP contribution is -2.31. The van der Waals surface area contributed by atoms with Gasteiger partial charge in [0.1, 0.15) is 0 Å². The summed E-state index contributed by atoms with van der Waals surface area (Å²) in [4.78, 5) is 0. The molecule has 0 spiro atoms. The summed E-state index contributed by atoms with van der Waals surface area (Å²) >= 11 is 0. The van der Waals surface area contributed by atoms with Gasteiger partial charge in [-0.05, 0) is 24.3 Å². The van der Waals surface area contributed by atoms with E-state index >= 15 is 0 Å². The zero-order chi connectivity index (χ0) is 12.3. The second-order valence-electron chi connectivity index (χ2n) is 4.80. The first kappa shape index (κ1) is 12.6. The van der Waals surface area contributed by atoms with Crippen molar-refractivity contribution < 1.29 is 8.42 Å². The van der Waals surface area contributed by atoms with Gasteiger partial charge < -0.3 is 0 Å². The Balaban J connectivity index is 1.94. The van der Waals surface area contributed by atoms with Crippen molar-refractivity contribution >= 4 is 10.0 Å². The molecule has 1 unspecified atom stereocenters.